The Morgan fingerprint density at radius 2 is 1.79 bits per heavy atom. The molecule has 0 saturated heterocycles. The van der Waals surface area contributed by atoms with Gasteiger partial charge in [0.1, 0.15) is 0 Å². The maximum atomic E-state index is 11.4. The van der Waals surface area contributed by atoms with Crippen LogP contribution in [-0.4, -0.2) is 47.4 Å². The number of nitrogens with zero attached hydrogens (tertiary/aromatic N) is 1. The number of hydrogen-bond acceptors (Lipinski definition) is 4. The van der Waals surface area contributed by atoms with Crippen molar-refractivity contribution >= 4 is 15.8 Å². The van der Waals surface area contributed by atoms with Gasteiger partial charge in [-0.05, 0) is 42.7 Å². The van der Waals surface area contributed by atoms with E-state index in [1.54, 1.807) is 7.11 Å². The molecular weight excluding hydrogens is 374 g/mol. The molecule has 0 unspecified atom stereocenters. The van der Waals surface area contributed by atoms with Gasteiger partial charge in [-0.1, -0.05) is 37.1 Å². The number of rotatable bonds is 10. The lowest BCUT2D eigenvalue weighted by Gasteiger charge is -2.30. The molecule has 1 aromatic rings. The summed E-state index contributed by atoms with van der Waals surface area (Å²) in [5.41, 5.74) is 2.17. The van der Waals surface area contributed by atoms with E-state index in [0.717, 1.165) is 43.2 Å². The van der Waals surface area contributed by atoms with E-state index in [4.69, 9.17) is 9.73 Å². The van der Waals surface area contributed by atoms with E-state index in [-0.39, 0.29) is 5.75 Å². The van der Waals surface area contributed by atoms with E-state index in [9.17, 15) is 8.42 Å². The van der Waals surface area contributed by atoms with Crippen molar-refractivity contribution in [2.24, 2.45) is 10.4 Å². The molecule has 0 aromatic heterocycles. The fraction of sp³-hybridized carbons (Fsp3) is 0.667. The lowest BCUT2D eigenvalue weighted by Crippen LogP contribution is -2.43. The van der Waals surface area contributed by atoms with Crippen LogP contribution in [0.15, 0.2) is 29.3 Å². The van der Waals surface area contributed by atoms with Crippen molar-refractivity contribution in [3.05, 3.63) is 35.4 Å². The van der Waals surface area contributed by atoms with Gasteiger partial charge in [0.2, 0.25) is 0 Å². The van der Waals surface area contributed by atoms with E-state index in [2.05, 4.69) is 17.6 Å². The second-order valence-corrected chi connectivity index (χ2v) is 10.0. The summed E-state index contributed by atoms with van der Waals surface area (Å²) in [6.07, 6.45) is 7.40. The first kappa shape index (κ1) is 22.7. The maximum absolute atomic E-state index is 11.4. The monoisotopic (exact) mass is 409 g/mol. The van der Waals surface area contributed by atoms with Crippen LogP contribution >= 0.6 is 0 Å². The molecule has 0 atom stereocenters. The highest BCUT2D eigenvalue weighted by atomic mass is 32.2. The van der Waals surface area contributed by atoms with Gasteiger partial charge in [-0.2, -0.15) is 0 Å². The Balaban J connectivity index is 1.95. The molecule has 2 rings (SSSR count). The van der Waals surface area contributed by atoms with Crippen molar-refractivity contribution in [2.45, 2.75) is 51.3 Å². The second kappa shape index (κ2) is 10.8. The normalized spacial score (nSPS) is 16.9. The molecule has 1 fully saturated rings. The Morgan fingerprint density at radius 1 is 1.14 bits per heavy atom. The largest absolute Gasteiger partial charge is 0.385 e. The second-order valence-electron chi connectivity index (χ2n) is 7.89. The molecule has 0 radical (unpaired) electrons. The number of ether oxygens (including phenoxy) is 1. The van der Waals surface area contributed by atoms with Gasteiger partial charge in [0.05, 0.1) is 12.3 Å². The Hall–Kier alpha value is -1.60. The number of hydrogen-bond donors (Lipinski definition) is 2. The summed E-state index contributed by atoms with van der Waals surface area (Å²) in [5.74, 6) is 0.899. The van der Waals surface area contributed by atoms with E-state index >= 15 is 0 Å². The Bertz CT molecular complexity index is 724. The van der Waals surface area contributed by atoms with Gasteiger partial charge >= 0.3 is 0 Å². The Labute approximate surface area is 170 Å². The van der Waals surface area contributed by atoms with Crippen molar-refractivity contribution < 1.29 is 13.2 Å². The highest BCUT2D eigenvalue weighted by Gasteiger charge is 2.33. The first-order valence-electron chi connectivity index (χ1n) is 10.1. The van der Waals surface area contributed by atoms with Gasteiger partial charge in [0, 0.05) is 33.1 Å². The highest BCUT2D eigenvalue weighted by Crippen LogP contribution is 2.40. The Morgan fingerprint density at radius 3 is 2.36 bits per heavy atom. The minimum absolute atomic E-state index is 0.0737. The number of methoxy groups -OCH3 is 1. The molecule has 0 heterocycles. The predicted molar refractivity (Wildman–Crippen MR) is 115 cm³/mol. The van der Waals surface area contributed by atoms with Crippen molar-refractivity contribution in [2.75, 3.05) is 33.1 Å². The summed E-state index contributed by atoms with van der Waals surface area (Å²) < 4.78 is 28.1. The molecular formula is C21H35N3O3S. The number of aliphatic imine (C=N–C) groups is 1. The molecule has 2 N–H and O–H groups in total. The first-order valence-corrected chi connectivity index (χ1v) is 12.2. The summed E-state index contributed by atoms with van der Waals surface area (Å²) in [6.45, 7) is 5.14. The van der Waals surface area contributed by atoms with Crippen LogP contribution in [0.2, 0.25) is 0 Å². The molecule has 28 heavy (non-hydrogen) atoms. The summed E-state index contributed by atoms with van der Waals surface area (Å²) in [7, 11) is -1.24. The van der Waals surface area contributed by atoms with E-state index in [1.165, 1.54) is 31.9 Å². The van der Waals surface area contributed by atoms with Gasteiger partial charge in [-0.15, -0.1) is 0 Å². The summed E-state index contributed by atoms with van der Waals surface area (Å²) in [4.78, 5) is 4.71. The Kier molecular flexibility index (Phi) is 8.76. The van der Waals surface area contributed by atoms with Gasteiger partial charge in [0.15, 0.2) is 15.8 Å². The SMILES string of the molecule is CCNC(=NCc1ccc(CS(C)(=O)=O)cc1)NCC1(CCOC)CCCC1. The standard InChI is InChI=1S/C21H35N3O3S/c1-4-22-20(24-17-21(13-14-27-2)11-5-6-12-21)23-15-18-7-9-19(10-8-18)16-28(3,25)26/h7-10H,4-6,11-17H2,1-3H3,(H2,22,23,24). The zero-order valence-electron chi connectivity index (χ0n) is 17.5. The van der Waals surface area contributed by atoms with Crippen LogP contribution in [0.3, 0.4) is 0 Å². The molecule has 0 amide bonds. The summed E-state index contributed by atoms with van der Waals surface area (Å²) >= 11 is 0. The van der Waals surface area contributed by atoms with Crippen LogP contribution in [0.25, 0.3) is 0 Å². The minimum atomic E-state index is -3.01. The van der Waals surface area contributed by atoms with Gasteiger partial charge in [-0.25, -0.2) is 13.4 Å². The van der Waals surface area contributed by atoms with Crippen LogP contribution in [0.5, 0.6) is 0 Å². The average molecular weight is 410 g/mol. The molecule has 0 aliphatic heterocycles. The summed E-state index contributed by atoms with van der Waals surface area (Å²) in [5, 5.41) is 6.85. The molecule has 1 aliphatic rings. The molecule has 1 aromatic carbocycles. The fourth-order valence-corrected chi connectivity index (χ4v) is 4.58. The molecule has 7 heteroatoms. The number of benzene rings is 1. The van der Waals surface area contributed by atoms with Crippen molar-refractivity contribution in [1.82, 2.24) is 10.6 Å². The van der Waals surface area contributed by atoms with Crippen molar-refractivity contribution in [3.8, 4) is 0 Å². The van der Waals surface area contributed by atoms with Crippen LogP contribution in [0.4, 0.5) is 0 Å². The van der Waals surface area contributed by atoms with E-state index in [1.807, 2.05) is 24.3 Å². The van der Waals surface area contributed by atoms with E-state index in [0.29, 0.717) is 12.0 Å². The highest BCUT2D eigenvalue weighted by molar-refractivity contribution is 7.89. The molecule has 158 valence electrons. The topological polar surface area (TPSA) is 79.8 Å². The van der Waals surface area contributed by atoms with Crippen LogP contribution < -0.4 is 10.6 Å². The number of guanidine groups is 1. The lowest BCUT2D eigenvalue weighted by molar-refractivity contribution is 0.138. The molecule has 0 bridgehead atoms. The molecule has 1 saturated carbocycles. The number of sulfone groups is 1. The van der Waals surface area contributed by atoms with E-state index < -0.39 is 9.84 Å². The molecule has 0 spiro atoms. The zero-order chi connectivity index (χ0) is 20.5. The first-order chi connectivity index (χ1) is 13.4. The van der Waals surface area contributed by atoms with Crippen molar-refractivity contribution in [3.63, 3.8) is 0 Å². The summed E-state index contributed by atoms with van der Waals surface area (Å²) in [6, 6.07) is 7.63. The predicted octanol–water partition coefficient (Wildman–Crippen LogP) is 2.88. The smallest absolute Gasteiger partial charge is 0.191 e. The molecule has 6 nitrogen and oxygen atoms in total. The van der Waals surface area contributed by atoms with Crippen LogP contribution in [0, 0.1) is 5.41 Å². The van der Waals surface area contributed by atoms with Gasteiger partial charge in [-0.3, -0.25) is 0 Å². The lowest BCUT2D eigenvalue weighted by atomic mass is 9.83. The third-order valence-electron chi connectivity index (χ3n) is 5.35. The third-order valence-corrected chi connectivity index (χ3v) is 6.21. The average Bonchev–Trinajstić information content (AvgIpc) is 3.11. The zero-order valence-corrected chi connectivity index (χ0v) is 18.3. The van der Waals surface area contributed by atoms with Crippen molar-refractivity contribution in [1.29, 1.82) is 0 Å². The minimum Gasteiger partial charge on any atom is -0.385 e. The molecule has 1 aliphatic carbocycles. The number of nitrogens with one attached hydrogen (secondary N) is 2. The van der Waals surface area contributed by atoms with Crippen LogP contribution in [-0.2, 0) is 26.9 Å². The third kappa shape index (κ3) is 7.80. The maximum Gasteiger partial charge on any atom is 0.191 e. The fourth-order valence-electron chi connectivity index (χ4n) is 3.79. The quantitative estimate of drug-likeness (QED) is 0.459. The van der Waals surface area contributed by atoms with Crippen LogP contribution in [0.1, 0.15) is 50.2 Å². The van der Waals surface area contributed by atoms with Gasteiger partial charge < -0.3 is 15.4 Å². The van der Waals surface area contributed by atoms with Gasteiger partial charge in [0.25, 0.3) is 0 Å².